The van der Waals surface area contributed by atoms with Gasteiger partial charge in [0, 0.05) is 32.7 Å². The number of carbonyl (C=O) groups excluding carboxylic acids is 1. The van der Waals surface area contributed by atoms with Crippen LogP contribution in [0.2, 0.25) is 0 Å². The zero-order valence-corrected chi connectivity index (χ0v) is 16.3. The number of guanidine groups is 1. The molecular formula is C18H32F3N5O. The van der Waals surface area contributed by atoms with Gasteiger partial charge in [-0.25, -0.2) is 0 Å². The third-order valence-corrected chi connectivity index (χ3v) is 5.36. The van der Waals surface area contributed by atoms with Crippen molar-refractivity contribution in [2.75, 3.05) is 40.3 Å². The second-order valence-corrected chi connectivity index (χ2v) is 7.56. The summed E-state index contributed by atoms with van der Waals surface area (Å²) in [6.07, 6.45) is 4.20. The minimum absolute atomic E-state index is 0.217. The summed E-state index contributed by atoms with van der Waals surface area (Å²) >= 11 is 0. The number of hydrogen-bond acceptors (Lipinski definition) is 3. The van der Waals surface area contributed by atoms with Crippen LogP contribution in [0.25, 0.3) is 0 Å². The van der Waals surface area contributed by atoms with Crippen molar-refractivity contribution in [3.63, 3.8) is 0 Å². The monoisotopic (exact) mass is 391 g/mol. The SMILES string of the molecule is CN=C(NCC(=O)N(C)CC(F)(F)F)NC1CCCN(C2CCCCC2)C1. The molecule has 2 N–H and O–H groups in total. The fourth-order valence-corrected chi connectivity index (χ4v) is 3.94. The van der Waals surface area contributed by atoms with Crippen LogP contribution in [0, 0.1) is 0 Å². The molecular weight excluding hydrogens is 359 g/mol. The lowest BCUT2D eigenvalue weighted by Crippen LogP contribution is -2.54. The molecule has 0 aromatic carbocycles. The van der Waals surface area contributed by atoms with Crippen molar-refractivity contribution < 1.29 is 18.0 Å². The highest BCUT2D eigenvalue weighted by Gasteiger charge is 2.31. The van der Waals surface area contributed by atoms with Crippen LogP contribution in [0.3, 0.4) is 0 Å². The molecule has 1 heterocycles. The van der Waals surface area contributed by atoms with Gasteiger partial charge in [-0.1, -0.05) is 19.3 Å². The Bertz CT molecular complexity index is 506. The fourth-order valence-electron chi connectivity index (χ4n) is 3.94. The van der Waals surface area contributed by atoms with Crippen LogP contribution in [-0.2, 0) is 4.79 Å². The van der Waals surface area contributed by atoms with Crippen LogP contribution in [0.5, 0.6) is 0 Å². The summed E-state index contributed by atoms with van der Waals surface area (Å²) in [6, 6.07) is 0.894. The van der Waals surface area contributed by atoms with E-state index in [4.69, 9.17) is 0 Å². The van der Waals surface area contributed by atoms with E-state index >= 15 is 0 Å². The molecule has 1 unspecified atom stereocenters. The lowest BCUT2D eigenvalue weighted by molar-refractivity contribution is -0.157. The summed E-state index contributed by atoms with van der Waals surface area (Å²) in [4.78, 5) is 19.2. The first-order valence-corrected chi connectivity index (χ1v) is 9.80. The molecule has 2 fully saturated rings. The van der Waals surface area contributed by atoms with Crippen molar-refractivity contribution in [2.24, 2.45) is 4.99 Å². The molecule has 0 aromatic heterocycles. The Morgan fingerprint density at radius 1 is 1.19 bits per heavy atom. The van der Waals surface area contributed by atoms with Crippen molar-refractivity contribution >= 4 is 11.9 Å². The van der Waals surface area contributed by atoms with Crippen molar-refractivity contribution in [1.82, 2.24) is 20.4 Å². The van der Waals surface area contributed by atoms with Gasteiger partial charge in [-0.2, -0.15) is 13.2 Å². The third kappa shape index (κ3) is 7.56. The van der Waals surface area contributed by atoms with Gasteiger partial charge in [0.1, 0.15) is 6.54 Å². The molecule has 0 spiro atoms. The maximum Gasteiger partial charge on any atom is 0.406 e. The quantitative estimate of drug-likeness (QED) is 0.556. The first kappa shape index (κ1) is 21.8. The summed E-state index contributed by atoms with van der Waals surface area (Å²) in [7, 11) is 2.75. The maximum atomic E-state index is 12.4. The Morgan fingerprint density at radius 3 is 2.52 bits per heavy atom. The van der Waals surface area contributed by atoms with Crippen LogP contribution in [-0.4, -0.2) is 80.2 Å². The summed E-state index contributed by atoms with van der Waals surface area (Å²) in [5.74, 6) is -0.165. The van der Waals surface area contributed by atoms with Gasteiger partial charge in [0.15, 0.2) is 5.96 Å². The van der Waals surface area contributed by atoms with Gasteiger partial charge in [-0.15, -0.1) is 0 Å². The zero-order chi connectivity index (χ0) is 19.9. The van der Waals surface area contributed by atoms with Crippen LogP contribution < -0.4 is 10.6 Å². The third-order valence-electron chi connectivity index (χ3n) is 5.36. The number of amides is 1. The largest absolute Gasteiger partial charge is 0.406 e. The maximum absolute atomic E-state index is 12.4. The van der Waals surface area contributed by atoms with E-state index in [-0.39, 0.29) is 12.6 Å². The smallest absolute Gasteiger partial charge is 0.352 e. The summed E-state index contributed by atoms with van der Waals surface area (Å²) in [6.45, 7) is 0.590. The number of likely N-dealkylation sites (N-methyl/N-ethyl adjacent to an activating group) is 1. The fraction of sp³-hybridized carbons (Fsp3) is 0.889. The second-order valence-electron chi connectivity index (χ2n) is 7.56. The molecule has 1 saturated carbocycles. The number of halogens is 3. The Morgan fingerprint density at radius 2 is 1.89 bits per heavy atom. The highest BCUT2D eigenvalue weighted by atomic mass is 19.4. The van der Waals surface area contributed by atoms with E-state index in [1.165, 1.54) is 32.1 Å². The van der Waals surface area contributed by atoms with E-state index < -0.39 is 18.6 Å². The van der Waals surface area contributed by atoms with E-state index in [1.54, 1.807) is 7.05 Å². The number of piperidine rings is 1. The van der Waals surface area contributed by atoms with Crippen LogP contribution >= 0.6 is 0 Å². The Kier molecular flexibility index (Phi) is 8.19. The van der Waals surface area contributed by atoms with Crippen molar-refractivity contribution in [1.29, 1.82) is 0 Å². The molecule has 0 radical (unpaired) electrons. The molecule has 2 aliphatic rings. The number of nitrogens with one attached hydrogen (secondary N) is 2. The molecule has 0 bridgehead atoms. The first-order chi connectivity index (χ1) is 12.8. The molecule has 1 amide bonds. The van der Waals surface area contributed by atoms with Gasteiger partial charge >= 0.3 is 6.18 Å². The van der Waals surface area contributed by atoms with Crippen molar-refractivity contribution in [3.05, 3.63) is 0 Å². The molecule has 0 aromatic rings. The standard InChI is InChI=1S/C18H32F3N5O/c1-22-17(23-11-16(27)25(2)13-18(19,20)21)24-14-7-6-10-26(12-14)15-8-4-3-5-9-15/h14-15H,3-13H2,1-2H3,(H2,22,23,24). The minimum Gasteiger partial charge on any atom is -0.352 e. The topological polar surface area (TPSA) is 60.0 Å². The second kappa shape index (κ2) is 10.1. The summed E-state index contributed by atoms with van der Waals surface area (Å²) in [5.41, 5.74) is 0. The van der Waals surface area contributed by atoms with Crippen molar-refractivity contribution in [2.45, 2.75) is 63.2 Å². The molecule has 156 valence electrons. The summed E-state index contributed by atoms with van der Waals surface area (Å²) < 4.78 is 37.1. The van der Waals surface area contributed by atoms with Crippen LogP contribution in [0.4, 0.5) is 13.2 Å². The van der Waals surface area contributed by atoms with E-state index in [0.717, 1.165) is 33.0 Å². The highest BCUT2D eigenvalue weighted by Crippen LogP contribution is 2.25. The molecule has 6 nitrogen and oxygen atoms in total. The van der Waals surface area contributed by atoms with Gasteiger partial charge < -0.3 is 15.5 Å². The van der Waals surface area contributed by atoms with E-state index in [0.29, 0.717) is 16.9 Å². The average molecular weight is 391 g/mol. The Hall–Kier alpha value is -1.51. The van der Waals surface area contributed by atoms with Crippen molar-refractivity contribution in [3.8, 4) is 0 Å². The average Bonchev–Trinajstić information content (AvgIpc) is 2.64. The molecule has 1 saturated heterocycles. The van der Waals surface area contributed by atoms with Crippen LogP contribution in [0.15, 0.2) is 4.99 Å². The molecule has 2 rings (SSSR count). The highest BCUT2D eigenvalue weighted by molar-refractivity contribution is 5.86. The predicted molar refractivity (Wildman–Crippen MR) is 99.7 cm³/mol. The van der Waals surface area contributed by atoms with E-state index in [1.807, 2.05) is 0 Å². The lowest BCUT2D eigenvalue weighted by atomic mass is 9.92. The molecule has 27 heavy (non-hydrogen) atoms. The number of carbonyl (C=O) groups is 1. The number of aliphatic imine (C=N–C) groups is 1. The van der Waals surface area contributed by atoms with Gasteiger partial charge in [-0.05, 0) is 32.2 Å². The van der Waals surface area contributed by atoms with Gasteiger partial charge in [0.25, 0.3) is 0 Å². The van der Waals surface area contributed by atoms with Gasteiger partial charge in [0.05, 0.1) is 6.54 Å². The van der Waals surface area contributed by atoms with E-state index in [9.17, 15) is 18.0 Å². The number of alkyl halides is 3. The predicted octanol–water partition coefficient (Wildman–Crippen LogP) is 1.97. The molecule has 9 heteroatoms. The first-order valence-electron chi connectivity index (χ1n) is 9.80. The van der Waals surface area contributed by atoms with E-state index in [2.05, 4.69) is 20.5 Å². The lowest BCUT2D eigenvalue weighted by Gasteiger charge is -2.40. The number of hydrogen-bond donors (Lipinski definition) is 2. The Balaban J connectivity index is 1.77. The zero-order valence-electron chi connectivity index (χ0n) is 16.3. The number of nitrogens with zero attached hydrogens (tertiary/aromatic N) is 3. The van der Waals surface area contributed by atoms with Gasteiger partial charge in [0.2, 0.25) is 5.91 Å². The number of likely N-dealkylation sites (tertiary alicyclic amines) is 1. The minimum atomic E-state index is -4.39. The molecule has 1 atom stereocenters. The molecule has 1 aliphatic heterocycles. The number of rotatable bonds is 5. The van der Waals surface area contributed by atoms with Gasteiger partial charge in [-0.3, -0.25) is 14.7 Å². The van der Waals surface area contributed by atoms with Crippen LogP contribution in [0.1, 0.15) is 44.9 Å². The normalized spacial score (nSPS) is 23.1. The Labute approximate surface area is 159 Å². The summed E-state index contributed by atoms with van der Waals surface area (Å²) in [5, 5.41) is 6.16. The molecule has 1 aliphatic carbocycles.